The van der Waals surface area contributed by atoms with Gasteiger partial charge >= 0.3 is 6.18 Å². The summed E-state index contributed by atoms with van der Waals surface area (Å²) < 4.78 is 86.2. The molecule has 2 aliphatic rings. The second kappa shape index (κ2) is 10.7. The monoisotopic (exact) mass is 648 g/mol. The largest absolute Gasteiger partial charge is 0.427 e. The molecule has 1 fully saturated rings. The SMILES string of the molecule is CC(C)N([C@H]1CCC2=Cc3c(cnn3-c3ccc(F)cc3)C[C@]2(C(=O)c2ncc(C(F)(F)F)s2)C1)S(=O)(=O)c1ccn(C)n1. The van der Waals surface area contributed by atoms with Crippen LogP contribution in [-0.2, 0) is 29.7 Å². The number of carbonyl (C=O) groups excluding carboxylic acids is 1. The van der Waals surface area contributed by atoms with Crippen molar-refractivity contribution in [2.45, 2.75) is 62.8 Å². The normalized spacial score (nSPS) is 20.5. The zero-order valence-electron chi connectivity index (χ0n) is 23.9. The summed E-state index contributed by atoms with van der Waals surface area (Å²) in [6.07, 6.45) is 1.71. The maximum atomic E-state index is 14.4. The van der Waals surface area contributed by atoms with Crippen LogP contribution in [0.4, 0.5) is 17.6 Å². The summed E-state index contributed by atoms with van der Waals surface area (Å²) in [5, 5.41) is 8.17. The smallest absolute Gasteiger partial charge is 0.290 e. The van der Waals surface area contributed by atoms with Crippen molar-refractivity contribution in [2.75, 3.05) is 0 Å². The number of aryl methyl sites for hydroxylation is 1. The summed E-state index contributed by atoms with van der Waals surface area (Å²) in [4.78, 5) is 17.3. The van der Waals surface area contributed by atoms with Gasteiger partial charge in [-0.25, -0.2) is 22.5 Å². The van der Waals surface area contributed by atoms with E-state index in [1.807, 2.05) is 6.08 Å². The number of benzene rings is 1. The fraction of sp³-hybridized carbons (Fsp3) is 0.379. The third-order valence-electron chi connectivity index (χ3n) is 8.22. The lowest BCUT2D eigenvalue weighted by atomic mass is 9.61. The van der Waals surface area contributed by atoms with E-state index < -0.39 is 50.2 Å². The number of fused-ring (bicyclic) bond motifs is 2. The number of rotatable bonds is 7. The number of Topliss-reactive ketones (excluding diaryl/α,β-unsaturated/α-hetero) is 1. The van der Waals surface area contributed by atoms with Crippen molar-refractivity contribution in [2.24, 2.45) is 12.5 Å². The molecule has 0 spiro atoms. The molecule has 4 aromatic rings. The van der Waals surface area contributed by atoms with Crippen LogP contribution in [0.1, 0.15) is 59.0 Å². The Balaban J connectivity index is 1.45. The van der Waals surface area contributed by atoms with Gasteiger partial charge in [-0.05, 0) is 81.5 Å². The minimum absolute atomic E-state index is 0.0318. The van der Waals surface area contributed by atoms with Gasteiger partial charge in [0.25, 0.3) is 10.0 Å². The first-order chi connectivity index (χ1) is 20.7. The number of nitrogens with zero attached hydrogens (tertiary/aromatic N) is 6. The number of hydrogen-bond acceptors (Lipinski definition) is 7. The fourth-order valence-electron chi connectivity index (χ4n) is 6.34. The Morgan fingerprint density at radius 2 is 1.89 bits per heavy atom. The first kappa shape index (κ1) is 30.3. The van der Waals surface area contributed by atoms with E-state index in [2.05, 4.69) is 15.2 Å². The average Bonchev–Trinajstić information content (AvgIpc) is 3.71. The Labute approximate surface area is 254 Å². The van der Waals surface area contributed by atoms with Crippen LogP contribution in [0.15, 0.2) is 59.5 Å². The lowest BCUT2D eigenvalue weighted by Gasteiger charge is -2.47. The van der Waals surface area contributed by atoms with Gasteiger partial charge < -0.3 is 0 Å². The molecule has 3 heterocycles. The molecule has 2 atom stereocenters. The van der Waals surface area contributed by atoms with Crippen LogP contribution >= 0.6 is 11.3 Å². The minimum Gasteiger partial charge on any atom is -0.290 e. The molecule has 0 aliphatic heterocycles. The van der Waals surface area contributed by atoms with E-state index in [-0.39, 0.29) is 34.2 Å². The summed E-state index contributed by atoms with van der Waals surface area (Å²) in [6.45, 7) is 3.48. The topological polar surface area (TPSA) is 103 Å². The highest BCUT2D eigenvalue weighted by Crippen LogP contribution is 2.52. The van der Waals surface area contributed by atoms with Crippen LogP contribution in [-0.4, -0.2) is 55.1 Å². The lowest BCUT2D eigenvalue weighted by Crippen LogP contribution is -2.52. The number of aromatic nitrogens is 5. The number of hydrogen-bond donors (Lipinski definition) is 0. The van der Waals surface area contributed by atoms with E-state index in [0.29, 0.717) is 41.6 Å². The summed E-state index contributed by atoms with van der Waals surface area (Å²) in [5.74, 6) is -0.999. The molecule has 0 unspecified atom stereocenters. The third kappa shape index (κ3) is 5.09. The van der Waals surface area contributed by atoms with Gasteiger partial charge in [0.15, 0.2) is 10.0 Å². The molecule has 3 aromatic heterocycles. The van der Waals surface area contributed by atoms with E-state index in [4.69, 9.17) is 0 Å². The molecule has 0 bridgehead atoms. The fourth-order valence-corrected chi connectivity index (χ4v) is 8.97. The molecule has 9 nitrogen and oxygen atoms in total. The molecule has 44 heavy (non-hydrogen) atoms. The van der Waals surface area contributed by atoms with Gasteiger partial charge in [-0.1, -0.05) is 5.57 Å². The van der Waals surface area contributed by atoms with Crippen LogP contribution in [0.5, 0.6) is 0 Å². The Morgan fingerprint density at radius 1 is 1.16 bits per heavy atom. The van der Waals surface area contributed by atoms with Crippen LogP contribution in [0.2, 0.25) is 0 Å². The molecule has 0 radical (unpaired) electrons. The van der Waals surface area contributed by atoms with Gasteiger partial charge in [0.2, 0.25) is 5.78 Å². The molecule has 0 saturated heterocycles. The molecule has 6 rings (SSSR count). The Bertz CT molecular complexity index is 1870. The Kier molecular flexibility index (Phi) is 7.40. The number of ketones is 1. The molecule has 1 aromatic carbocycles. The van der Waals surface area contributed by atoms with Gasteiger partial charge in [0, 0.05) is 25.3 Å². The van der Waals surface area contributed by atoms with Gasteiger partial charge in [0.1, 0.15) is 10.7 Å². The third-order valence-corrected chi connectivity index (χ3v) is 11.3. The number of alkyl halides is 3. The van der Waals surface area contributed by atoms with E-state index in [9.17, 15) is 30.8 Å². The number of thiazole rings is 1. The first-order valence-corrected chi connectivity index (χ1v) is 16.1. The van der Waals surface area contributed by atoms with Crippen LogP contribution < -0.4 is 0 Å². The van der Waals surface area contributed by atoms with Crippen LogP contribution in [0, 0.1) is 11.2 Å². The van der Waals surface area contributed by atoms with E-state index >= 15 is 0 Å². The van der Waals surface area contributed by atoms with E-state index in [1.54, 1.807) is 43.9 Å². The van der Waals surface area contributed by atoms with Crippen molar-refractivity contribution in [1.82, 2.24) is 28.9 Å². The van der Waals surface area contributed by atoms with Gasteiger partial charge in [0.05, 0.1) is 29.2 Å². The zero-order chi connectivity index (χ0) is 31.6. The van der Waals surface area contributed by atoms with Crippen molar-refractivity contribution in [1.29, 1.82) is 0 Å². The molecule has 232 valence electrons. The quantitative estimate of drug-likeness (QED) is 0.189. The zero-order valence-corrected chi connectivity index (χ0v) is 25.5. The van der Waals surface area contributed by atoms with Crippen LogP contribution in [0.3, 0.4) is 0 Å². The standard InChI is InChI=1S/C29H28F4N6O3S2/c1-17(2)39(44(41,42)25-10-11-37(3)36-25)22-7-4-19-12-23-18(15-35-38(23)21-8-5-20(30)6-9-21)13-28(19,14-22)26(40)27-34-16-24(43-27)29(31,32)33/h5-6,8-12,15-17,22H,4,7,13-14H2,1-3H3/t22-,28-/m0/s1. The molecule has 1 saturated carbocycles. The predicted octanol–water partition coefficient (Wildman–Crippen LogP) is 5.68. The molecule has 0 N–H and O–H groups in total. The highest BCUT2D eigenvalue weighted by Gasteiger charge is 2.53. The van der Waals surface area contributed by atoms with Crippen molar-refractivity contribution in [3.8, 4) is 5.69 Å². The summed E-state index contributed by atoms with van der Waals surface area (Å²) in [6, 6.07) is 6.01. The van der Waals surface area contributed by atoms with Crippen molar-refractivity contribution in [3.63, 3.8) is 0 Å². The maximum Gasteiger partial charge on any atom is 0.427 e. The minimum atomic E-state index is -4.66. The highest BCUT2D eigenvalue weighted by molar-refractivity contribution is 7.89. The second-order valence-corrected chi connectivity index (χ2v) is 14.2. The van der Waals surface area contributed by atoms with E-state index in [0.717, 1.165) is 0 Å². The maximum absolute atomic E-state index is 14.4. The van der Waals surface area contributed by atoms with Crippen molar-refractivity contribution < 1.29 is 30.8 Å². The summed E-state index contributed by atoms with van der Waals surface area (Å²) in [5.41, 5.74) is 1.23. The summed E-state index contributed by atoms with van der Waals surface area (Å²) >= 11 is 0.284. The summed E-state index contributed by atoms with van der Waals surface area (Å²) in [7, 11) is -2.47. The molecular formula is C29H28F4N6O3S2. The lowest BCUT2D eigenvalue weighted by molar-refractivity contribution is -0.134. The molecular weight excluding hydrogens is 620 g/mol. The first-order valence-electron chi connectivity index (χ1n) is 13.9. The Hall–Kier alpha value is -3.69. The predicted molar refractivity (Wildman–Crippen MR) is 154 cm³/mol. The van der Waals surface area contributed by atoms with Crippen LogP contribution in [0.25, 0.3) is 11.8 Å². The highest BCUT2D eigenvalue weighted by atomic mass is 32.2. The molecule has 0 amide bonds. The number of sulfonamides is 1. The van der Waals surface area contributed by atoms with Gasteiger partial charge in [-0.3, -0.25) is 9.48 Å². The van der Waals surface area contributed by atoms with Gasteiger partial charge in [-0.15, -0.1) is 11.3 Å². The molecule has 15 heteroatoms. The second-order valence-electron chi connectivity index (χ2n) is 11.4. The number of carbonyl (C=O) groups is 1. The molecule has 2 aliphatic carbocycles. The van der Waals surface area contributed by atoms with Crippen molar-refractivity contribution in [3.05, 3.63) is 81.5 Å². The number of halogens is 4. The average molecular weight is 649 g/mol. The van der Waals surface area contributed by atoms with Crippen molar-refractivity contribution >= 4 is 33.2 Å². The Morgan fingerprint density at radius 3 is 2.50 bits per heavy atom. The van der Waals surface area contributed by atoms with Gasteiger partial charge in [-0.2, -0.15) is 27.7 Å². The number of allylic oxidation sites excluding steroid dienone is 1. The van der Waals surface area contributed by atoms with E-state index in [1.165, 1.54) is 33.4 Å².